The number of hydrogen-bond donors (Lipinski definition) is 1. The molecule has 6 nitrogen and oxygen atoms in total. The molecule has 1 atom stereocenters. The van der Waals surface area contributed by atoms with E-state index in [9.17, 15) is 8.42 Å². The van der Waals surface area contributed by atoms with E-state index >= 15 is 0 Å². The topological polar surface area (TPSA) is 76.9 Å². The number of pyridine rings is 1. The third-order valence-electron chi connectivity index (χ3n) is 4.39. The van der Waals surface area contributed by atoms with E-state index in [-0.39, 0.29) is 11.4 Å². The van der Waals surface area contributed by atoms with Crippen LogP contribution in [-0.4, -0.2) is 23.2 Å². The lowest BCUT2D eigenvalue weighted by Gasteiger charge is -2.11. The second-order valence-corrected chi connectivity index (χ2v) is 7.94. The Morgan fingerprint density at radius 3 is 2.58 bits per heavy atom. The quantitative estimate of drug-likeness (QED) is 0.692. The van der Waals surface area contributed by atoms with Crippen molar-refractivity contribution < 1.29 is 8.42 Å². The number of nitrogens with one attached hydrogen (secondary N) is 1. The summed E-state index contributed by atoms with van der Waals surface area (Å²) in [4.78, 5) is 4.51. The number of hydrogen-bond acceptors (Lipinski definition) is 4. The molecule has 0 spiro atoms. The van der Waals surface area contributed by atoms with Gasteiger partial charge in [0.2, 0.25) is 10.0 Å². The Morgan fingerprint density at radius 2 is 1.92 bits per heavy atom. The summed E-state index contributed by atoms with van der Waals surface area (Å²) in [5.41, 5.74) is 1.95. The maximum Gasteiger partial charge on any atom is 0.240 e. The fourth-order valence-corrected chi connectivity index (χ4v) is 3.59. The van der Waals surface area contributed by atoms with Gasteiger partial charge < -0.3 is 0 Å². The monoisotopic (exact) mass is 370 g/mol. The third-order valence-corrected chi connectivity index (χ3v) is 5.80. The van der Waals surface area contributed by atoms with Crippen molar-refractivity contribution in [2.45, 2.75) is 37.6 Å². The molecule has 0 amide bonds. The average Bonchev–Trinajstić information content (AvgIpc) is 3.21. The van der Waals surface area contributed by atoms with Crippen molar-refractivity contribution in [2.24, 2.45) is 0 Å². The van der Waals surface area contributed by atoms with E-state index < -0.39 is 10.0 Å². The smallest absolute Gasteiger partial charge is 0.237 e. The van der Waals surface area contributed by atoms with Gasteiger partial charge in [0, 0.05) is 25.1 Å². The van der Waals surface area contributed by atoms with E-state index in [1.807, 2.05) is 18.2 Å². The average molecular weight is 370 g/mol. The lowest BCUT2D eigenvalue weighted by atomic mass is 9.99. The molecule has 3 aromatic rings. The number of sulfonamides is 1. The molecular weight excluding hydrogens is 348 g/mol. The summed E-state index contributed by atoms with van der Waals surface area (Å²) in [6.07, 6.45) is 6.11. The first kappa shape index (κ1) is 18.3. The Balaban J connectivity index is 1.71. The SMILES string of the molecule is CCC(C)c1ccc(S(=O)(=O)NCc2ccnc(-n3cccn3)c2)cc1. The van der Waals surface area contributed by atoms with Crippen LogP contribution < -0.4 is 4.72 Å². The van der Waals surface area contributed by atoms with Crippen LogP contribution in [0.3, 0.4) is 0 Å². The van der Waals surface area contributed by atoms with Crippen molar-refractivity contribution in [3.63, 3.8) is 0 Å². The largest absolute Gasteiger partial charge is 0.240 e. The van der Waals surface area contributed by atoms with Crippen molar-refractivity contribution >= 4 is 10.0 Å². The zero-order valence-corrected chi connectivity index (χ0v) is 15.6. The summed E-state index contributed by atoms with van der Waals surface area (Å²) in [5.74, 6) is 1.06. The first-order valence-electron chi connectivity index (χ1n) is 8.54. The van der Waals surface area contributed by atoms with E-state index in [0.717, 1.165) is 17.5 Å². The fourth-order valence-electron chi connectivity index (χ4n) is 2.57. The van der Waals surface area contributed by atoms with Gasteiger partial charge in [-0.15, -0.1) is 0 Å². The number of aromatic nitrogens is 3. The van der Waals surface area contributed by atoms with Crippen molar-refractivity contribution in [1.82, 2.24) is 19.5 Å². The van der Waals surface area contributed by atoms with Gasteiger partial charge in [-0.3, -0.25) is 0 Å². The van der Waals surface area contributed by atoms with Gasteiger partial charge in [-0.2, -0.15) is 5.10 Å². The van der Waals surface area contributed by atoms with Crippen molar-refractivity contribution in [3.05, 3.63) is 72.2 Å². The molecule has 2 aromatic heterocycles. The van der Waals surface area contributed by atoms with Crippen LogP contribution in [-0.2, 0) is 16.6 Å². The number of benzene rings is 1. The summed E-state index contributed by atoms with van der Waals surface area (Å²) in [6, 6.07) is 12.5. The Hall–Kier alpha value is -2.51. The van der Waals surface area contributed by atoms with Crippen LogP contribution in [0.2, 0.25) is 0 Å². The highest BCUT2D eigenvalue weighted by atomic mass is 32.2. The highest BCUT2D eigenvalue weighted by molar-refractivity contribution is 7.89. The highest BCUT2D eigenvalue weighted by Gasteiger charge is 2.14. The Morgan fingerprint density at radius 1 is 1.15 bits per heavy atom. The zero-order chi connectivity index (χ0) is 18.6. The molecule has 1 aromatic carbocycles. The minimum atomic E-state index is -3.57. The van der Waals surface area contributed by atoms with E-state index in [1.54, 1.807) is 47.5 Å². The Bertz CT molecular complexity index is 951. The van der Waals surface area contributed by atoms with Crippen LogP contribution >= 0.6 is 0 Å². The normalized spacial score (nSPS) is 12.8. The van der Waals surface area contributed by atoms with E-state index in [4.69, 9.17) is 0 Å². The molecule has 0 saturated carbocycles. The first-order valence-corrected chi connectivity index (χ1v) is 10.0. The van der Waals surface area contributed by atoms with Gasteiger partial charge in [-0.05, 0) is 53.8 Å². The zero-order valence-electron chi connectivity index (χ0n) is 14.8. The van der Waals surface area contributed by atoms with Crippen LogP contribution in [0.15, 0.2) is 66.0 Å². The molecule has 0 radical (unpaired) electrons. The van der Waals surface area contributed by atoms with Crippen molar-refractivity contribution in [2.75, 3.05) is 0 Å². The molecule has 7 heteroatoms. The third kappa shape index (κ3) is 4.17. The number of rotatable bonds is 7. The predicted molar refractivity (Wildman–Crippen MR) is 101 cm³/mol. The Labute approximate surface area is 154 Å². The molecule has 0 aliphatic carbocycles. The number of nitrogens with zero attached hydrogens (tertiary/aromatic N) is 3. The molecule has 136 valence electrons. The van der Waals surface area contributed by atoms with Crippen molar-refractivity contribution in [3.8, 4) is 5.82 Å². The van der Waals surface area contributed by atoms with Gasteiger partial charge in [0.15, 0.2) is 5.82 Å². The highest BCUT2D eigenvalue weighted by Crippen LogP contribution is 2.20. The molecule has 0 aliphatic heterocycles. The summed E-state index contributed by atoms with van der Waals surface area (Å²) in [7, 11) is -3.57. The lowest BCUT2D eigenvalue weighted by Crippen LogP contribution is -2.23. The van der Waals surface area contributed by atoms with Crippen LogP contribution in [0.5, 0.6) is 0 Å². The summed E-state index contributed by atoms with van der Waals surface area (Å²) in [6.45, 7) is 4.43. The minimum absolute atomic E-state index is 0.187. The van der Waals surface area contributed by atoms with Gasteiger partial charge in [0.1, 0.15) is 0 Å². The van der Waals surface area contributed by atoms with E-state index in [1.165, 1.54) is 0 Å². The van der Waals surface area contributed by atoms with Crippen LogP contribution in [0.25, 0.3) is 5.82 Å². The van der Waals surface area contributed by atoms with Crippen LogP contribution in [0, 0.1) is 0 Å². The van der Waals surface area contributed by atoms with Gasteiger partial charge in [-0.1, -0.05) is 26.0 Å². The summed E-state index contributed by atoms with van der Waals surface area (Å²) in [5, 5.41) is 4.13. The van der Waals surface area contributed by atoms with Gasteiger partial charge in [0.05, 0.1) is 4.90 Å². The molecular formula is C19H22N4O2S. The lowest BCUT2D eigenvalue weighted by molar-refractivity contribution is 0.581. The van der Waals surface area contributed by atoms with Crippen LogP contribution in [0.1, 0.15) is 37.3 Å². The molecule has 0 saturated heterocycles. The molecule has 0 fully saturated rings. The molecule has 26 heavy (non-hydrogen) atoms. The molecule has 1 unspecified atom stereocenters. The van der Waals surface area contributed by atoms with Gasteiger partial charge in [-0.25, -0.2) is 22.8 Å². The summed E-state index contributed by atoms with van der Waals surface area (Å²) < 4.78 is 29.3. The molecule has 0 bridgehead atoms. The maximum atomic E-state index is 12.5. The Kier molecular flexibility index (Phi) is 5.49. The van der Waals surface area contributed by atoms with E-state index in [0.29, 0.717) is 11.7 Å². The summed E-state index contributed by atoms with van der Waals surface area (Å²) >= 11 is 0. The van der Waals surface area contributed by atoms with Crippen molar-refractivity contribution in [1.29, 1.82) is 0 Å². The van der Waals surface area contributed by atoms with Gasteiger partial charge in [0.25, 0.3) is 0 Å². The molecule has 2 heterocycles. The van der Waals surface area contributed by atoms with E-state index in [2.05, 4.69) is 28.7 Å². The second-order valence-electron chi connectivity index (χ2n) is 6.18. The first-order chi connectivity index (χ1) is 12.5. The predicted octanol–water partition coefficient (Wildman–Crippen LogP) is 3.26. The van der Waals surface area contributed by atoms with Gasteiger partial charge >= 0.3 is 0 Å². The van der Waals surface area contributed by atoms with Crippen LogP contribution in [0.4, 0.5) is 0 Å². The molecule has 3 rings (SSSR count). The minimum Gasteiger partial charge on any atom is -0.237 e. The standard InChI is InChI=1S/C19H22N4O2S/c1-3-15(2)17-5-7-18(8-6-17)26(24,25)22-14-16-9-11-20-19(13-16)23-12-4-10-21-23/h4-13,15,22H,3,14H2,1-2H3. The second kappa shape index (κ2) is 7.80. The fraction of sp³-hybridized carbons (Fsp3) is 0.263. The molecule has 0 aliphatic rings. The molecule has 1 N–H and O–H groups in total. The maximum absolute atomic E-state index is 12.5.